The molecular weight excluding hydrogens is 315 g/mol. The second kappa shape index (κ2) is 7.25. The Kier molecular flexibility index (Phi) is 5.33. The number of nitrogens with zero attached hydrogens (tertiary/aromatic N) is 1. The van der Waals surface area contributed by atoms with Gasteiger partial charge in [0.1, 0.15) is 5.82 Å². The molecule has 0 bridgehead atoms. The number of fused-ring (bicyclic) bond motifs is 1. The quantitative estimate of drug-likeness (QED) is 0.848. The first-order valence-electron chi connectivity index (χ1n) is 7.61. The molecule has 2 aromatic rings. The molecule has 0 fully saturated rings. The summed E-state index contributed by atoms with van der Waals surface area (Å²) < 4.78 is 13.4. The van der Waals surface area contributed by atoms with E-state index in [4.69, 9.17) is 5.11 Å². The number of halogens is 1. The van der Waals surface area contributed by atoms with E-state index in [9.17, 15) is 18.8 Å². The number of H-pyrrole nitrogens is 1. The SMILES string of the molecule is CC(C)CN(CCC(=O)O)C(=O)c1cc(=O)[nH]c2cc(F)ccc12. The summed E-state index contributed by atoms with van der Waals surface area (Å²) in [7, 11) is 0. The third kappa shape index (κ3) is 4.18. The molecule has 0 atom stereocenters. The van der Waals surface area contributed by atoms with Gasteiger partial charge in [-0.2, -0.15) is 0 Å². The molecule has 0 radical (unpaired) electrons. The number of hydrogen-bond acceptors (Lipinski definition) is 3. The summed E-state index contributed by atoms with van der Waals surface area (Å²) in [4.78, 5) is 39.3. The lowest BCUT2D eigenvalue weighted by Gasteiger charge is -2.24. The van der Waals surface area contributed by atoms with E-state index in [0.717, 1.165) is 12.1 Å². The molecule has 0 aliphatic rings. The van der Waals surface area contributed by atoms with Crippen LogP contribution in [0.2, 0.25) is 0 Å². The number of benzene rings is 1. The average molecular weight is 334 g/mol. The minimum atomic E-state index is -1.01. The summed E-state index contributed by atoms with van der Waals surface area (Å²) in [6.45, 7) is 4.22. The van der Waals surface area contributed by atoms with Gasteiger partial charge in [0.15, 0.2) is 0 Å². The third-order valence-electron chi connectivity index (χ3n) is 3.50. The van der Waals surface area contributed by atoms with Gasteiger partial charge in [-0.05, 0) is 24.1 Å². The minimum absolute atomic E-state index is 0.0435. The number of hydrogen-bond donors (Lipinski definition) is 2. The number of pyridine rings is 1. The Morgan fingerprint density at radius 2 is 2.00 bits per heavy atom. The number of aromatic nitrogens is 1. The number of rotatable bonds is 6. The van der Waals surface area contributed by atoms with Gasteiger partial charge in [0.25, 0.3) is 5.91 Å². The lowest BCUT2D eigenvalue weighted by Crippen LogP contribution is -2.36. The van der Waals surface area contributed by atoms with Gasteiger partial charge < -0.3 is 15.0 Å². The highest BCUT2D eigenvalue weighted by Crippen LogP contribution is 2.19. The highest BCUT2D eigenvalue weighted by atomic mass is 19.1. The van der Waals surface area contributed by atoms with Crippen LogP contribution in [0.5, 0.6) is 0 Å². The van der Waals surface area contributed by atoms with Gasteiger partial charge in [0, 0.05) is 24.5 Å². The first-order valence-corrected chi connectivity index (χ1v) is 7.61. The average Bonchev–Trinajstić information content (AvgIpc) is 2.48. The number of carboxylic acids is 1. The fourth-order valence-corrected chi connectivity index (χ4v) is 2.53. The number of amides is 1. The molecule has 1 aromatic heterocycles. The monoisotopic (exact) mass is 334 g/mol. The van der Waals surface area contributed by atoms with Crippen molar-refractivity contribution in [1.82, 2.24) is 9.88 Å². The van der Waals surface area contributed by atoms with Crippen LogP contribution in [0.4, 0.5) is 4.39 Å². The topological polar surface area (TPSA) is 90.5 Å². The Morgan fingerprint density at radius 3 is 2.62 bits per heavy atom. The molecule has 7 heteroatoms. The minimum Gasteiger partial charge on any atom is -0.481 e. The second-order valence-corrected chi connectivity index (χ2v) is 6.03. The van der Waals surface area contributed by atoms with Gasteiger partial charge >= 0.3 is 5.97 Å². The molecule has 2 N–H and O–H groups in total. The van der Waals surface area contributed by atoms with E-state index in [1.54, 1.807) is 0 Å². The van der Waals surface area contributed by atoms with Crippen LogP contribution >= 0.6 is 0 Å². The van der Waals surface area contributed by atoms with E-state index in [-0.39, 0.29) is 30.0 Å². The summed E-state index contributed by atoms with van der Waals surface area (Å²) in [5, 5.41) is 9.28. The third-order valence-corrected chi connectivity index (χ3v) is 3.50. The van der Waals surface area contributed by atoms with Crippen molar-refractivity contribution in [3.63, 3.8) is 0 Å². The first kappa shape index (κ1) is 17.7. The maximum atomic E-state index is 13.4. The van der Waals surface area contributed by atoms with E-state index < -0.39 is 23.3 Å². The van der Waals surface area contributed by atoms with E-state index in [2.05, 4.69) is 4.98 Å². The molecule has 0 unspecified atom stereocenters. The van der Waals surface area contributed by atoms with Gasteiger partial charge in [0.2, 0.25) is 5.56 Å². The molecule has 0 aliphatic carbocycles. The van der Waals surface area contributed by atoms with Crippen molar-refractivity contribution in [1.29, 1.82) is 0 Å². The normalized spacial score (nSPS) is 11.0. The van der Waals surface area contributed by atoms with Crippen LogP contribution < -0.4 is 5.56 Å². The molecule has 128 valence electrons. The summed E-state index contributed by atoms with van der Waals surface area (Å²) >= 11 is 0. The number of carbonyl (C=O) groups is 2. The highest BCUT2D eigenvalue weighted by molar-refractivity contribution is 6.06. The number of nitrogens with one attached hydrogen (secondary N) is 1. The molecule has 24 heavy (non-hydrogen) atoms. The van der Waals surface area contributed by atoms with Crippen molar-refractivity contribution < 1.29 is 19.1 Å². The van der Waals surface area contributed by atoms with Crippen molar-refractivity contribution in [2.75, 3.05) is 13.1 Å². The maximum absolute atomic E-state index is 13.4. The highest BCUT2D eigenvalue weighted by Gasteiger charge is 2.21. The zero-order valence-corrected chi connectivity index (χ0v) is 13.5. The van der Waals surface area contributed by atoms with Crippen molar-refractivity contribution in [2.45, 2.75) is 20.3 Å². The Hall–Kier alpha value is -2.70. The Labute approximate surface area is 137 Å². The summed E-state index contributed by atoms with van der Waals surface area (Å²) in [6.07, 6.45) is -0.186. The summed E-state index contributed by atoms with van der Waals surface area (Å²) in [5.41, 5.74) is -0.146. The smallest absolute Gasteiger partial charge is 0.305 e. The molecular formula is C17H19FN2O4. The molecule has 6 nitrogen and oxygen atoms in total. The fourth-order valence-electron chi connectivity index (χ4n) is 2.53. The predicted octanol–water partition coefficient (Wildman–Crippen LogP) is 2.24. The van der Waals surface area contributed by atoms with E-state index in [1.165, 1.54) is 17.0 Å². The fraction of sp³-hybridized carbons (Fsp3) is 0.353. The van der Waals surface area contributed by atoms with Gasteiger partial charge in [-0.15, -0.1) is 0 Å². The van der Waals surface area contributed by atoms with Crippen LogP contribution in [0, 0.1) is 11.7 Å². The van der Waals surface area contributed by atoms with Crippen LogP contribution in [0.25, 0.3) is 10.9 Å². The van der Waals surface area contributed by atoms with E-state index >= 15 is 0 Å². The Balaban J connectivity index is 2.46. The Morgan fingerprint density at radius 1 is 1.29 bits per heavy atom. The molecule has 0 aliphatic heterocycles. The molecule has 2 rings (SSSR count). The van der Waals surface area contributed by atoms with E-state index in [1.807, 2.05) is 13.8 Å². The van der Waals surface area contributed by atoms with Crippen LogP contribution in [-0.4, -0.2) is 40.0 Å². The summed E-state index contributed by atoms with van der Waals surface area (Å²) in [5.74, 6) is -1.83. The van der Waals surface area contributed by atoms with Gasteiger partial charge in [-0.25, -0.2) is 4.39 Å². The predicted molar refractivity (Wildman–Crippen MR) is 87.5 cm³/mol. The van der Waals surface area contributed by atoms with E-state index in [0.29, 0.717) is 11.9 Å². The van der Waals surface area contributed by atoms with Crippen LogP contribution in [0.15, 0.2) is 29.1 Å². The number of carboxylic acid groups (broad SMARTS) is 1. The number of aromatic amines is 1. The second-order valence-electron chi connectivity index (χ2n) is 6.03. The van der Waals surface area contributed by atoms with Gasteiger partial charge in [0.05, 0.1) is 17.5 Å². The number of aliphatic carboxylic acids is 1. The van der Waals surface area contributed by atoms with Crippen LogP contribution in [0.1, 0.15) is 30.6 Å². The molecule has 1 aromatic carbocycles. The Bertz CT molecular complexity index is 829. The zero-order valence-electron chi connectivity index (χ0n) is 13.5. The molecule has 0 saturated heterocycles. The van der Waals surface area contributed by atoms with Crippen molar-refractivity contribution >= 4 is 22.8 Å². The van der Waals surface area contributed by atoms with Crippen LogP contribution in [0.3, 0.4) is 0 Å². The van der Waals surface area contributed by atoms with Crippen LogP contribution in [-0.2, 0) is 4.79 Å². The maximum Gasteiger partial charge on any atom is 0.305 e. The largest absolute Gasteiger partial charge is 0.481 e. The van der Waals surface area contributed by atoms with Gasteiger partial charge in [-0.1, -0.05) is 13.8 Å². The molecule has 1 amide bonds. The molecule has 0 spiro atoms. The molecule has 1 heterocycles. The van der Waals surface area contributed by atoms with Crippen molar-refractivity contribution in [2.24, 2.45) is 5.92 Å². The lowest BCUT2D eigenvalue weighted by atomic mass is 10.1. The van der Waals surface area contributed by atoms with Crippen molar-refractivity contribution in [3.8, 4) is 0 Å². The standard InChI is InChI=1S/C17H19FN2O4/c1-10(2)9-20(6-5-16(22)23)17(24)13-8-15(21)19-14-7-11(18)3-4-12(13)14/h3-4,7-8,10H,5-6,9H2,1-2H3,(H,19,21)(H,22,23). The lowest BCUT2D eigenvalue weighted by molar-refractivity contribution is -0.137. The molecule has 0 saturated carbocycles. The van der Waals surface area contributed by atoms with Gasteiger partial charge in [-0.3, -0.25) is 14.4 Å². The summed E-state index contributed by atoms with van der Waals surface area (Å²) in [6, 6.07) is 4.95. The zero-order chi connectivity index (χ0) is 17.9. The van der Waals surface area contributed by atoms with Crippen molar-refractivity contribution in [3.05, 3.63) is 46.0 Å². The number of carbonyl (C=O) groups excluding carboxylic acids is 1. The first-order chi connectivity index (χ1) is 11.3.